The fraction of sp³-hybridized carbons (Fsp3) is 0.275. The fourth-order valence-electron chi connectivity index (χ4n) is 7.85. The van der Waals surface area contributed by atoms with Crippen molar-refractivity contribution in [2.45, 2.75) is 32.4 Å². The molecule has 4 aromatic carbocycles. The van der Waals surface area contributed by atoms with E-state index in [9.17, 15) is 38.9 Å². The number of aryl methyl sites for hydroxylation is 2. The average Bonchev–Trinajstić information content (AvgIpc) is 3.68. The zero-order valence-electron chi connectivity index (χ0n) is 32.1. The van der Waals surface area contributed by atoms with Crippen LogP contribution in [0.1, 0.15) is 25.1 Å². The minimum Gasteiger partial charge on any atom is -0.325 e. The van der Waals surface area contributed by atoms with Crippen LogP contribution in [-0.4, -0.2) is 84.8 Å². The lowest BCUT2D eigenvalue weighted by Crippen LogP contribution is -2.40. The molecule has 318 valence electrons. The van der Waals surface area contributed by atoms with Crippen molar-refractivity contribution in [1.29, 1.82) is 0 Å². The molecule has 0 amide bonds. The Morgan fingerprint density at radius 3 is 2.10 bits per heavy atom. The third-order valence-electron chi connectivity index (χ3n) is 10.4. The first-order valence-corrected chi connectivity index (χ1v) is 24.6. The first-order valence-electron chi connectivity index (χ1n) is 18.9. The molecule has 1 aliphatic carbocycles. The molecule has 0 bridgehead atoms. The van der Waals surface area contributed by atoms with Gasteiger partial charge < -0.3 is 9.80 Å². The Balaban J connectivity index is 1.30. The molecule has 0 saturated carbocycles. The van der Waals surface area contributed by atoms with Crippen molar-refractivity contribution in [1.82, 2.24) is 4.57 Å². The molecule has 0 saturated heterocycles. The summed E-state index contributed by atoms with van der Waals surface area (Å²) in [6.07, 6.45) is 11.7. The number of fused-ring (bicyclic) bond motifs is 6. The van der Waals surface area contributed by atoms with Gasteiger partial charge in [-0.05, 0) is 71.5 Å². The lowest BCUT2D eigenvalue weighted by molar-refractivity contribution is -0.668. The topological polar surface area (TPSA) is 217 Å². The van der Waals surface area contributed by atoms with Gasteiger partial charge in [0, 0.05) is 47.7 Å². The zero-order chi connectivity index (χ0) is 42.7. The third kappa shape index (κ3) is 10.3. The second kappa shape index (κ2) is 18.2. The number of imidazole rings is 1. The van der Waals surface area contributed by atoms with Crippen molar-refractivity contribution >= 4 is 92.4 Å². The minimum absolute atomic E-state index is 0.0446. The van der Waals surface area contributed by atoms with Crippen LogP contribution in [0, 0.1) is 0 Å². The Kier molecular flexibility index (Phi) is 13.2. The highest BCUT2D eigenvalue weighted by molar-refractivity contribution is 7.94. The maximum Gasteiger partial charge on any atom is 0.282 e. The second-order valence-corrected chi connectivity index (χ2v) is 19.8. The number of rotatable bonds is 17. The van der Waals surface area contributed by atoms with Crippen LogP contribution in [0.25, 0.3) is 38.7 Å². The predicted octanol–water partition coefficient (Wildman–Crippen LogP) is 6.19. The summed E-state index contributed by atoms with van der Waals surface area (Å²) in [5, 5.41) is 15.9. The molecule has 4 N–H and O–H groups in total. The molecule has 0 unspecified atom stereocenters. The van der Waals surface area contributed by atoms with Crippen molar-refractivity contribution < 1.29 is 58.1 Å². The van der Waals surface area contributed by atoms with Gasteiger partial charge in [0.25, 0.3) is 36.2 Å². The van der Waals surface area contributed by atoms with E-state index in [1.807, 2.05) is 107 Å². The molecule has 1 aliphatic heterocycles. The summed E-state index contributed by atoms with van der Waals surface area (Å²) < 4.78 is 109. The molecular formula is C40H43N4O12S4+. The molecule has 0 radical (unpaired) electrons. The Labute approximate surface area is 351 Å². The Hall–Kier alpha value is -4.61. The minimum atomic E-state index is -4.39. The van der Waals surface area contributed by atoms with Crippen LogP contribution in [0.15, 0.2) is 114 Å². The molecule has 2 aliphatic rings. The van der Waals surface area contributed by atoms with Gasteiger partial charge in [-0.25, -0.2) is 14.4 Å². The Bertz CT molecular complexity index is 2910. The van der Waals surface area contributed by atoms with Crippen molar-refractivity contribution in [2.75, 3.05) is 45.9 Å². The van der Waals surface area contributed by atoms with Crippen LogP contribution in [0.3, 0.4) is 0 Å². The van der Waals surface area contributed by atoms with E-state index < -0.39 is 47.6 Å². The van der Waals surface area contributed by atoms with Crippen molar-refractivity contribution in [2.24, 2.45) is 0 Å². The van der Waals surface area contributed by atoms with E-state index in [1.165, 1.54) is 0 Å². The second-order valence-electron chi connectivity index (χ2n) is 14.3. The van der Waals surface area contributed by atoms with Crippen molar-refractivity contribution in [3.63, 3.8) is 0 Å². The van der Waals surface area contributed by atoms with Crippen LogP contribution in [0.5, 0.6) is 0 Å². The lowest BCUT2D eigenvalue weighted by atomic mass is 9.94. The quantitative estimate of drug-likeness (QED) is 0.0205. The SMILES string of the molecule is O=S(=O)(O)CCN1/C(=C\C=C2C=C(/C=C/c3n(CCS(=O)(=O)O)c4ccc5ccccc5c4[n+]3CCS(=O)(=O)O)CCC\2)N(CCSOOO)c2ccc3ccccc3c21. The van der Waals surface area contributed by atoms with E-state index in [-0.39, 0.29) is 19.6 Å². The molecule has 5 aromatic rings. The van der Waals surface area contributed by atoms with E-state index in [2.05, 4.69) is 9.37 Å². The van der Waals surface area contributed by atoms with Crippen LogP contribution < -0.4 is 14.4 Å². The number of hydrogen-bond acceptors (Lipinski definition) is 12. The number of benzene rings is 4. The fourth-order valence-corrected chi connectivity index (χ4v) is 9.46. The Morgan fingerprint density at radius 2 is 1.38 bits per heavy atom. The van der Waals surface area contributed by atoms with Gasteiger partial charge >= 0.3 is 0 Å². The van der Waals surface area contributed by atoms with Crippen LogP contribution in [0.4, 0.5) is 11.4 Å². The molecule has 60 heavy (non-hydrogen) atoms. The maximum absolute atomic E-state index is 12.0. The number of nitrogens with zero attached hydrogens (tertiary/aromatic N) is 4. The van der Waals surface area contributed by atoms with E-state index >= 15 is 0 Å². The summed E-state index contributed by atoms with van der Waals surface area (Å²) in [6, 6.07) is 22.8. The number of hydrogen-bond donors (Lipinski definition) is 4. The normalized spacial score (nSPS) is 16.6. The van der Waals surface area contributed by atoms with Gasteiger partial charge in [0.15, 0.2) is 11.0 Å². The number of allylic oxidation sites excluding steroid dienone is 6. The monoisotopic (exact) mass is 899 g/mol. The number of anilines is 2. The smallest absolute Gasteiger partial charge is 0.282 e. The highest BCUT2D eigenvalue weighted by Crippen LogP contribution is 2.46. The van der Waals surface area contributed by atoms with E-state index in [0.29, 0.717) is 47.8 Å². The summed E-state index contributed by atoms with van der Waals surface area (Å²) >= 11 is 0.885. The molecule has 20 heteroatoms. The van der Waals surface area contributed by atoms with Crippen LogP contribution >= 0.6 is 12.0 Å². The van der Waals surface area contributed by atoms with Gasteiger partial charge in [-0.15, -0.1) is 4.33 Å². The number of aromatic nitrogens is 2. The van der Waals surface area contributed by atoms with Gasteiger partial charge in [-0.1, -0.05) is 71.8 Å². The first kappa shape index (κ1) is 43.5. The maximum atomic E-state index is 12.0. The summed E-state index contributed by atoms with van der Waals surface area (Å²) in [7, 11) is -13.1. The van der Waals surface area contributed by atoms with Crippen LogP contribution in [-0.2, 0) is 52.8 Å². The Morgan fingerprint density at radius 1 is 0.717 bits per heavy atom. The largest absolute Gasteiger partial charge is 0.325 e. The summed E-state index contributed by atoms with van der Waals surface area (Å²) in [6.45, 7) is 0.0551. The summed E-state index contributed by atoms with van der Waals surface area (Å²) in [5.74, 6) is -0.253. The van der Waals surface area contributed by atoms with Crippen molar-refractivity contribution in [3.05, 3.63) is 120 Å². The molecule has 2 heterocycles. The summed E-state index contributed by atoms with van der Waals surface area (Å²) in [5.41, 5.74) is 4.70. The van der Waals surface area contributed by atoms with Gasteiger partial charge in [0.2, 0.25) is 0 Å². The van der Waals surface area contributed by atoms with Crippen LogP contribution in [0.2, 0.25) is 0 Å². The standard InChI is InChI=1S/C40H42N4O12S4/c45-55-56-57-24-20-41-35-16-14-31-8-1-3-10-33(31)39(35)43(22-26-59(49,50)51)37(41)18-12-29-6-5-7-30(28-29)13-19-38-42(21-25-58(46,47)48)36-17-15-32-9-2-4-11-34(32)40(36)44(38)23-27-60(52,53)54/h1-4,8-19,28H,5-7,20-27H2,(H3-,45,46,47,48,49,50,51,52,53,54)/p+1. The molecule has 16 nitrogen and oxygen atoms in total. The van der Waals surface area contributed by atoms with E-state index in [0.717, 1.165) is 62.5 Å². The lowest BCUT2D eigenvalue weighted by Gasteiger charge is -2.25. The van der Waals surface area contributed by atoms with Gasteiger partial charge in [0.05, 0.1) is 17.1 Å². The van der Waals surface area contributed by atoms with Gasteiger partial charge in [-0.3, -0.25) is 13.7 Å². The molecule has 1 aromatic heterocycles. The predicted molar refractivity (Wildman–Crippen MR) is 232 cm³/mol. The molecule has 7 rings (SSSR count). The highest BCUT2D eigenvalue weighted by atomic mass is 32.2. The summed E-state index contributed by atoms with van der Waals surface area (Å²) in [4.78, 5) is 3.87. The van der Waals surface area contributed by atoms with Gasteiger partial charge in [-0.2, -0.15) is 25.3 Å². The third-order valence-corrected chi connectivity index (χ3v) is 13.0. The molecule has 0 fully saturated rings. The van der Waals surface area contributed by atoms with E-state index in [1.54, 1.807) is 15.2 Å². The first-order chi connectivity index (χ1) is 28.6. The molecule has 0 spiro atoms. The molecule has 0 atom stereocenters. The highest BCUT2D eigenvalue weighted by Gasteiger charge is 2.33. The molecular weight excluding hydrogens is 857 g/mol. The zero-order valence-corrected chi connectivity index (χ0v) is 35.3. The van der Waals surface area contributed by atoms with Crippen molar-refractivity contribution in [3.8, 4) is 0 Å². The van der Waals surface area contributed by atoms with E-state index in [4.69, 9.17) is 5.26 Å². The average molecular weight is 900 g/mol. The van der Waals surface area contributed by atoms with Gasteiger partial charge in [0.1, 0.15) is 30.4 Å².